The Labute approximate surface area is 181 Å². The highest BCUT2D eigenvalue weighted by Gasteiger charge is 2.35. The highest BCUT2D eigenvalue weighted by atomic mass is 16.4. The van der Waals surface area contributed by atoms with Crippen LogP contribution in [0.3, 0.4) is 0 Å². The van der Waals surface area contributed by atoms with Crippen molar-refractivity contribution in [2.45, 2.75) is 78.9 Å². The first-order chi connectivity index (χ1) is 13.9. The van der Waals surface area contributed by atoms with E-state index in [1.54, 1.807) is 18.0 Å². The van der Waals surface area contributed by atoms with Gasteiger partial charge in [-0.2, -0.15) is 0 Å². The smallest absolute Gasteiger partial charge is 0.331 e. The molecule has 2 amide bonds. The van der Waals surface area contributed by atoms with Gasteiger partial charge < -0.3 is 15.3 Å². The summed E-state index contributed by atoms with van der Waals surface area (Å²) in [6.07, 6.45) is 4.54. The Bertz CT molecular complexity index is 644. The summed E-state index contributed by atoms with van der Waals surface area (Å²) in [5.41, 5.74) is 0.202. The normalized spacial score (nSPS) is 22.7. The number of piperidine rings is 1. The van der Waals surface area contributed by atoms with Gasteiger partial charge in [0.1, 0.15) is 6.04 Å². The lowest BCUT2D eigenvalue weighted by atomic mass is 9.90. The van der Waals surface area contributed by atoms with Crippen LogP contribution in [0.2, 0.25) is 0 Å². The molecule has 1 fully saturated rings. The Balaban J connectivity index is 2.97. The molecule has 0 saturated carbocycles. The number of rotatable bonds is 9. The maximum atomic E-state index is 13.3. The van der Waals surface area contributed by atoms with Gasteiger partial charge in [-0.25, -0.2) is 4.79 Å². The zero-order valence-electron chi connectivity index (χ0n) is 19.9. The summed E-state index contributed by atoms with van der Waals surface area (Å²) in [5.74, 6) is -0.738. The number of hydrogen-bond donors (Lipinski definition) is 2. The summed E-state index contributed by atoms with van der Waals surface area (Å²) >= 11 is 0. The third kappa shape index (κ3) is 6.83. The molecule has 1 rings (SSSR count). The molecule has 7 nitrogen and oxygen atoms in total. The third-order valence-corrected chi connectivity index (χ3v) is 6.27. The van der Waals surface area contributed by atoms with Crippen LogP contribution in [0.4, 0.5) is 0 Å². The van der Waals surface area contributed by atoms with E-state index in [0.717, 1.165) is 25.8 Å². The number of carboxylic acids is 1. The fourth-order valence-electron chi connectivity index (χ4n) is 4.11. The second-order valence-corrected chi connectivity index (χ2v) is 9.38. The molecule has 172 valence electrons. The Hall–Kier alpha value is -1.89. The van der Waals surface area contributed by atoms with Crippen LogP contribution in [0.1, 0.15) is 60.8 Å². The lowest BCUT2D eigenvalue weighted by Gasteiger charge is -2.38. The SMILES string of the molecule is CC[C@H]1CC[C@@H](C(=O)N[C@H](C(=O)N(C)[C@H](/C=C(\C)C(=O)O)C(C)C)C(C)C)N(C)C1. The van der Waals surface area contributed by atoms with Crippen molar-refractivity contribution in [2.75, 3.05) is 20.6 Å². The second-order valence-electron chi connectivity index (χ2n) is 9.38. The van der Waals surface area contributed by atoms with Crippen molar-refractivity contribution in [3.05, 3.63) is 11.6 Å². The molecule has 30 heavy (non-hydrogen) atoms. The predicted molar refractivity (Wildman–Crippen MR) is 119 cm³/mol. The molecule has 0 unspecified atom stereocenters. The van der Waals surface area contributed by atoms with Crippen molar-refractivity contribution in [1.82, 2.24) is 15.1 Å². The van der Waals surface area contributed by atoms with Gasteiger partial charge in [0.25, 0.3) is 0 Å². The maximum Gasteiger partial charge on any atom is 0.331 e. The number of nitrogens with zero attached hydrogens (tertiary/aromatic N) is 2. The Morgan fingerprint density at radius 3 is 2.20 bits per heavy atom. The zero-order valence-corrected chi connectivity index (χ0v) is 19.9. The van der Waals surface area contributed by atoms with Gasteiger partial charge in [0.2, 0.25) is 11.8 Å². The lowest BCUT2D eigenvalue weighted by molar-refractivity contribution is -0.140. The minimum Gasteiger partial charge on any atom is -0.478 e. The van der Waals surface area contributed by atoms with E-state index in [0.29, 0.717) is 5.92 Å². The largest absolute Gasteiger partial charge is 0.478 e. The van der Waals surface area contributed by atoms with Crippen molar-refractivity contribution in [3.8, 4) is 0 Å². The van der Waals surface area contributed by atoms with Gasteiger partial charge in [-0.05, 0) is 44.6 Å². The molecular weight excluding hydrogens is 382 g/mol. The van der Waals surface area contributed by atoms with Gasteiger partial charge in [0.05, 0.1) is 12.1 Å². The molecule has 0 aromatic rings. The lowest BCUT2D eigenvalue weighted by Crippen LogP contribution is -2.58. The summed E-state index contributed by atoms with van der Waals surface area (Å²) in [7, 11) is 3.65. The molecule has 1 aliphatic rings. The monoisotopic (exact) mass is 423 g/mol. The minimum absolute atomic E-state index is 0.0345. The molecule has 0 bridgehead atoms. The van der Waals surface area contributed by atoms with E-state index < -0.39 is 12.0 Å². The average molecular weight is 424 g/mol. The van der Waals surface area contributed by atoms with Gasteiger partial charge in [0.15, 0.2) is 0 Å². The average Bonchev–Trinajstić information content (AvgIpc) is 2.67. The first kappa shape index (κ1) is 26.1. The molecule has 0 radical (unpaired) electrons. The summed E-state index contributed by atoms with van der Waals surface area (Å²) in [4.78, 5) is 41.2. The van der Waals surface area contributed by atoms with Crippen LogP contribution in [0.25, 0.3) is 0 Å². The van der Waals surface area contributed by atoms with Crippen LogP contribution in [0.15, 0.2) is 11.6 Å². The number of carboxylic acid groups (broad SMARTS) is 1. The first-order valence-electron chi connectivity index (χ1n) is 11.1. The topological polar surface area (TPSA) is 90.0 Å². The standard InChI is InChI=1S/C23H41N3O4/c1-9-17-10-11-18(25(7)13-17)21(27)24-20(15(4)5)22(28)26(8)19(14(2)3)12-16(6)23(29)30/h12,14-15,17-20H,9-11,13H2,1-8H3,(H,24,27)(H,29,30)/b16-12+/t17-,18-,19+,20-/m0/s1. The number of aliphatic carboxylic acids is 1. The predicted octanol–water partition coefficient (Wildman–Crippen LogP) is 2.76. The quantitative estimate of drug-likeness (QED) is 0.557. The van der Waals surface area contributed by atoms with Gasteiger partial charge in [-0.3, -0.25) is 14.5 Å². The van der Waals surface area contributed by atoms with Crippen LogP contribution in [-0.2, 0) is 14.4 Å². The van der Waals surface area contributed by atoms with Crippen LogP contribution in [-0.4, -0.2) is 71.5 Å². The van der Waals surface area contributed by atoms with Gasteiger partial charge in [-0.15, -0.1) is 0 Å². The number of carbonyl (C=O) groups excluding carboxylic acids is 2. The first-order valence-corrected chi connectivity index (χ1v) is 11.1. The summed E-state index contributed by atoms with van der Waals surface area (Å²) in [5, 5.41) is 12.2. The van der Waals surface area contributed by atoms with Crippen LogP contribution in [0.5, 0.6) is 0 Å². The number of likely N-dealkylation sites (N-methyl/N-ethyl adjacent to an activating group) is 2. The molecule has 1 aliphatic heterocycles. The molecule has 0 aromatic heterocycles. The molecule has 0 aliphatic carbocycles. The zero-order chi connectivity index (χ0) is 23.2. The number of likely N-dealkylation sites (tertiary alicyclic amines) is 1. The highest BCUT2D eigenvalue weighted by molar-refractivity contribution is 5.90. The highest BCUT2D eigenvalue weighted by Crippen LogP contribution is 2.23. The molecule has 0 spiro atoms. The molecular formula is C23H41N3O4. The Kier molecular flexibility index (Phi) is 10.0. The molecule has 4 atom stereocenters. The number of nitrogens with one attached hydrogen (secondary N) is 1. The van der Waals surface area contributed by atoms with Crippen LogP contribution < -0.4 is 5.32 Å². The minimum atomic E-state index is -0.999. The summed E-state index contributed by atoms with van der Waals surface area (Å²) < 4.78 is 0. The van der Waals surface area contributed by atoms with E-state index in [4.69, 9.17) is 0 Å². The van der Waals surface area contributed by atoms with Crippen molar-refractivity contribution in [1.29, 1.82) is 0 Å². The van der Waals surface area contributed by atoms with Crippen molar-refractivity contribution in [2.24, 2.45) is 17.8 Å². The number of carbonyl (C=O) groups is 3. The van der Waals surface area contributed by atoms with E-state index in [1.165, 1.54) is 6.92 Å². The van der Waals surface area contributed by atoms with Crippen molar-refractivity contribution < 1.29 is 19.5 Å². The maximum absolute atomic E-state index is 13.3. The van der Waals surface area contributed by atoms with E-state index >= 15 is 0 Å². The fraction of sp³-hybridized carbons (Fsp3) is 0.783. The van der Waals surface area contributed by atoms with Crippen LogP contribution >= 0.6 is 0 Å². The Morgan fingerprint density at radius 1 is 1.17 bits per heavy atom. The second kappa shape index (κ2) is 11.5. The molecule has 0 aromatic carbocycles. The van der Waals surface area contributed by atoms with Gasteiger partial charge in [-0.1, -0.05) is 47.1 Å². The number of amides is 2. The molecule has 1 saturated heterocycles. The van der Waals surface area contributed by atoms with Gasteiger partial charge >= 0.3 is 5.97 Å². The van der Waals surface area contributed by atoms with E-state index in [-0.39, 0.29) is 41.3 Å². The fourth-order valence-corrected chi connectivity index (χ4v) is 4.11. The summed E-state index contributed by atoms with van der Waals surface area (Å²) in [6, 6.07) is -1.24. The van der Waals surface area contributed by atoms with E-state index in [1.807, 2.05) is 34.7 Å². The third-order valence-electron chi connectivity index (χ3n) is 6.27. The van der Waals surface area contributed by atoms with Crippen molar-refractivity contribution in [3.63, 3.8) is 0 Å². The van der Waals surface area contributed by atoms with E-state index in [9.17, 15) is 19.5 Å². The van der Waals surface area contributed by atoms with Crippen LogP contribution in [0, 0.1) is 17.8 Å². The molecule has 2 N–H and O–H groups in total. The molecule has 1 heterocycles. The summed E-state index contributed by atoms with van der Waals surface area (Å²) in [6.45, 7) is 12.3. The number of hydrogen-bond acceptors (Lipinski definition) is 4. The molecule has 7 heteroatoms. The van der Waals surface area contributed by atoms with Crippen molar-refractivity contribution >= 4 is 17.8 Å². The van der Waals surface area contributed by atoms with E-state index in [2.05, 4.69) is 17.1 Å². The Morgan fingerprint density at radius 2 is 1.77 bits per heavy atom. The van der Waals surface area contributed by atoms with Gasteiger partial charge in [0, 0.05) is 19.2 Å².